The summed E-state index contributed by atoms with van der Waals surface area (Å²) in [5.74, 6) is 0.217. The Kier molecular flexibility index (Phi) is 2.04. The van der Waals surface area contributed by atoms with Gasteiger partial charge in [0.25, 0.3) is 0 Å². The molecule has 0 unspecified atom stereocenters. The molecule has 0 N–H and O–H groups in total. The maximum atomic E-state index is 11.9. The van der Waals surface area contributed by atoms with Crippen LogP contribution in [-0.4, -0.2) is 23.1 Å². The molecule has 3 rings (SSSR count). The molecule has 1 aromatic rings. The first kappa shape index (κ1) is 9.85. The number of fused-ring (bicyclic) bond motifs is 1. The number of hydrogen-bond acceptors (Lipinski definition) is 2. The fourth-order valence-electron chi connectivity index (χ4n) is 2.74. The summed E-state index contributed by atoms with van der Waals surface area (Å²) in [6, 6.07) is 10.2. The van der Waals surface area contributed by atoms with Crippen LogP contribution in [0.5, 0.6) is 0 Å². The van der Waals surface area contributed by atoms with E-state index >= 15 is 0 Å². The molecule has 2 aliphatic rings. The van der Waals surface area contributed by atoms with Gasteiger partial charge in [0.1, 0.15) is 5.72 Å². The molecule has 0 aromatic heterocycles. The summed E-state index contributed by atoms with van der Waals surface area (Å²) >= 11 is 0. The summed E-state index contributed by atoms with van der Waals surface area (Å²) in [6.07, 6.45) is 1.43. The average Bonchev–Trinajstić information content (AvgIpc) is 2.78. The maximum Gasteiger partial charge on any atom is 0.225 e. The Hall–Kier alpha value is -1.35. The summed E-state index contributed by atoms with van der Waals surface area (Å²) in [4.78, 5) is 13.8. The lowest BCUT2D eigenvalue weighted by atomic mass is 10.1. The largest absolute Gasteiger partial charge is 0.353 e. The topological polar surface area (TPSA) is 29.5 Å². The number of ether oxygens (including phenoxy) is 1. The predicted molar refractivity (Wildman–Crippen MR) is 59.6 cm³/mol. The second kappa shape index (κ2) is 3.32. The fraction of sp³-hybridized carbons (Fsp3) is 0.462. The Morgan fingerprint density at radius 3 is 2.88 bits per heavy atom. The van der Waals surface area contributed by atoms with Gasteiger partial charge in [-0.3, -0.25) is 4.79 Å². The standard InChI is InChI=1S/C13H15NO2/c1-13-8-7-12(15)14(13)11(9-16-13)10-5-3-2-4-6-10/h2-6,11H,7-9H2,1H3/t11-,13+/m0/s1. The van der Waals surface area contributed by atoms with Gasteiger partial charge in [0, 0.05) is 12.8 Å². The number of carbonyl (C=O) groups is 1. The molecule has 16 heavy (non-hydrogen) atoms. The highest BCUT2D eigenvalue weighted by molar-refractivity contribution is 5.80. The smallest absolute Gasteiger partial charge is 0.225 e. The van der Waals surface area contributed by atoms with Gasteiger partial charge >= 0.3 is 0 Å². The third-order valence-corrected chi connectivity index (χ3v) is 3.63. The minimum absolute atomic E-state index is 0.0983. The van der Waals surface area contributed by atoms with Crippen molar-refractivity contribution in [1.82, 2.24) is 4.90 Å². The van der Waals surface area contributed by atoms with Crippen LogP contribution >= 0.6 is 0 Å². The molecule has 1 aromatic carbocycles. The van der Waals surface area contributed by atoms with Crippen LogP contribution in [0.25, 0.3) is 0 Å². The lowest BCUT2D eigenvalue weighted by Crippen LogP contribution is -2.39. The highest BCUT2D eigenvalue weighted by Crippen LogP contribution is 2.44. The van der Waals surface area contributed by atoms with Crippen LogP contribution in [0.2, 0.25) is 0 Å². The van der Waals surface area contributed by atoms with Gasteiger partial charge in [0.05, 0.1) is 12.6 Å². The highest BCUT2D eigenvalue weighted by Gasteiger charge is 2.51. The van der Waals surface area contributed by atoms with Crippen molar-refractivity contribution in [3.8, 4) is 0 Å². The van der Waals surface area contributed by atoms with Gasteiger partial charge in [-0.1, -0.05) is 30.3 Å². The van der Waals surface area contributed by atoms with E-state index in [0.717, 1.165) is 6.42 Å². The van der Waals surface area contributed by atoms with Gasteiger partial charge in [0.2, 0.25) is 5.91 Å². The molecule has 2 saturated heterocycles. The molecular formula is C13H15NO2. The van der Waals surface area contributed by atoms with Gasteiger partial charge in [-0.15, -0.1) is 0 Å². The van der Waals surface area contributed by atoms with E-state index in [1.54, 1.807) is 0 Å². The van der Waals surface area contributed by atoms with Crippen molar-refractivity contribution < 1.29 is 9.53 Å². The Labute approximate surface area is 95.0 Å². The van der Waals surface area contributed by atoms with E-state index in [1.165, 1.54) is 5.56 Å². The SMILES string of the molecule is C[C@@]12CCC(=O)N1[C@H](c1ccccc1)CO2. The molecule has 0 spiro atoms. The highest BCUT2D eigenvalue weighted by atomic mass is 16.5. The molecule has 2 heterocycles. The number of benzene rings is 1. The molecule has 0 bridgehead atoms. The van der Waals surface area contributed by atoms with Crippen molar-refractivity contribution in [2.24, 2.45) is 0 Å². The zero-order valence-electron chi connectivity index (χ0n) is 9.35. The lowest BCUT2D eigenvalue weighted by Gasteiger charge is -2.29. The van der Waals surface area contributed by atoms with E-state index in [1.807, 2.05) is 30.0 Å². The Morgan fingerprint density at radius 2 is 2.12 bits per heavy atom. The summed E-state index contributed by atoms with van der Waals surface area (Å²) in [7, 11) is 0. The first-order valence-electron chi connectivity index (χ1n) is 5.72. The lowest BCUT2D eigenvalue weighted by molar-refractivity contribution is -0.136. The van der Waals surface area contributed by atoms with E-state index in [2.05, 4.69) is 12.1 Å². The first-order valence-corrected chi connectivity index (χ1v) is 5.72. The number of amides is 1. The van der Waals surface area contributed by atoms with E-state index in [-0.39, 0.29) is 17.7 Å². The summed E-state index contributed by atoms with van der Waals surface area (Å²) in [5, 5.41) is 0. The molecular weight excluding hydrogens is 202 g/mol. The number of nitrogens with zero attached hydrogens (tertiary/aromatic N) is 1. The number of rotatable bonds is 1. The zero-order chi connectivity index (χ0) is 11.2. The van der Waals surface area contributed by atoms with Crippen molar-refractivity contribution in [2.75, 3.05) is 6.61 Å². The Balaban J connectivity index is 1.97. The van der Waals surface area contributed by atoms with Crippen LogP contribution < -0.4 is 0 Å². The summed E-state index contributed by atoms with van der Waals surface area (Å²) < 4.78 is 5.81. The fourth-order valence-corrected chi connectivity index (χ4v) is 2.74. The van der Waals surface area contributed by atoms with Crippen LogP contribution in [-0.2, 0) is 9.53 Å². The van der Waals surface area contributed by atoms with E-state index in [9.17, 15) is 4.79 Å². The predicted octanol–water partition coefficient (Wildman–Crippen LogP) is 2.10. The average molecular weight is 217 g/mol. The van der Waals surface area contributed by atoms with Gasteiger partial charge < -0.3 is 9.64 Å². The van der Waals surface area contributed by atoms with Crippen LogP contribution in [0, 0.1) is 0 Å². The molecule has 0 radical (unpaired) electrons. The molecule has 2 atom stereocenters. The number of carbonyl (C=O) groups excluding carboxylic acids is 1. The molecule has 1 amide bonds. The second-order valence-corrected chi connectivity index (χ2v) is 4.68. The minimum Gasteiger partial charge on any atom is -0.353 e. The molecule has 0 aliphatic carbocycles. The molecule has 2 aliphatic heterocycles. The molecule has 3 heteroatoms. The van der Waals surface area contributed by atoms with E-state index in [4.69, 9.17) is 4.74 Å². The quantitative estimate of drug-likeness (QED) is 0.721. The van der Waals surface area contributed by atoms with Crippen LogP contribution in [0.4, 0.5) is 0 Å². The van der Waals surface area contributed by atoms with Crippen molar-refractivity contribution in [3.05, 3.63) is 35.9 Å². The molecule has 0 saturated carbocycles. The molecule has 84 valence electrons. The van der Waals surface area contributed by atoms with Gasteiger partial charge in [-0.2, -0.15) is 0 Å². The van der Waals surface area contributed by atoms with E-state index in [0.29, 0.717) is 13.0 Å². The zero-order valence-corrected chi connectivity index (χ0v) is 9.35. The van der Waals surface area contributed by atoms with Gasteiger partial charge in [-0.05, 0) is 12.5 Å². The maximum absolute atomic E-state index is 11.9. The van der Waals surface area contributed by atoms with E-state index < -0.39 is 0 Å². The minimum atomic E-state index is -0.364. The molecule has 3 nitrogen and oxygen atoms in total. The first-order chi connectivity index (χ1) is 7.71. The van der Waals surface area contributed by atoms with Crippen LogP contribution in [0.1, 0.15) is 31.4 Å². The molecule has 2 fully saturated rings. The Bertz CT molecular complexity index is 417. The normalized spacial score (nSPS) is 33.2. The summed E-state index contributed by atoms with van der Waals surface area (Å²) in [6.45, 7) is 2.63. The van der Waals surface area contributed by atoms with Crippen LogP contribution in [0.3, 0.4) is 0 Å². The summed E-state index contributed by atoms with van der Waals surface area (Å²) in [5.41, 5.74) is 0.805. The Morgan fingerprint density at radius 1 is 1.38 bits per heavy atom. The van der Waals surface area contributed by atoms with Crippen LogP contribution in [0.15, 0.2) is 30.3 Å². The monoisotopic (exact) mass is 217 g/mol. The van der Waals surface area contributed by atoms with Crippen molar-refractivity contribution in [1.29, 1.82) is 0 Å². The third-order valence-electron chi connectivity index (χ3n) is 3.63. The van der Waals surface area contributed by atoms with Gasteiger partial charge in [-0.25, -0.2) is 0 Å². The second-order valence-electron chi connectivity index (χ2n) is 4.68. The van der Waals surface area contributed by atoms with Crippen molar-refractivity contribution in [3.63, 3.8) is 0 Å². The number of hydrogen-bond donors (Lipinski definition) is 0. The third kappa shape index (κ3) is 1.28. The van der Waals surface area contributed by atoms with Crippen molar-refractivity contribution in [2.45, 2.75) is 31.5 Å². The van der Waals surface area contributed by atoms with Gasteiger partial charge in [0.15, 0.2) is 0 Å². The van der Waals surface area contributed by atoms with Crippen molar-refractivity contribution >= 4 is 5.91 Å².